The summed E-state index contributed by atoms with van der Waals surface area (Å²) in [4.78, 5) is 14.2. The Labute approximate surface area is 139 Å². The van der Waals surface area contributed by atoms with Crippen molar-refractivity contribution in [3.63, 3.8) is 0 Å². The molecule has 2 aliphatic heterocycles. The molecule has 1 saturated heterocycles. The summed E-state index contributed by atoms with van der Waals surface area (Å²) in [5, 5.41) is 0. The van der Waals surface area contributed by atoms with Gasteiger partial charge in [-0.2, -0.15) is 0 Å². The van der Waals surface area contributed by atoms with Crippen molar-refractivity contribution in [1.29, 1.82) is 0 Å². The molecule has 4 nitrogen and oxygen atoms in total. The third-order valence-corrected chi connectivity index (χ3v) is 5.63. The van der Waals surface area contributed by atoms with Gasteiger partial charge >= 0.3 is 0 Å². The maximum atomic E-state index is 12.2. The molecule has 0 saturated carbocycles. The average molecular weight is 316 g/mol. The van der Waals surface area contributed by atoms with Crippen molar-refractivity contribution in [1.82, 2.24) is 0 Å². The van der Waals surface area contributed by atoms with E-state index in [0.29, 0.717) is 5.92 Å². The molecule has 1 fully saturated rings. The number of hydrogen-bond acceptors (Lipinski definition) is 3. The van der Waals surface area contributed by atoms with Gasteiger partial charge in [0.2, 0.25) is 5.91 Å². The maximum Gasteiger partial charge on any atom is 0.224 e. The second kappa shape index (κ2) is 6.62. The molecule has 0 aromatic heterocycles. The largest absolute Gasteiger partial charge is 0.381 e. The van der Waals surface area contributed by atoms with E-state index in [2.05, 4.69) is 32.0 Å². The number of benzene rings is 1. The number of nitrogens with zero attached hydrogens (tertiary/aromatic N) is 1. The van der Waals surface area contributed by atoms with Crippen molar-refractivity contribution in [2.45, 2.75) is 58.0 Å². The van der Waals surface area contributed by atoms with E-state index >= 15 is 0 Å². The van der Waals surface area contributed by atoms with Crippen molar-refractivity contribution < 1.29 is 9.53 Å². The van der Waals surface area contributed by atoms with Crippen molar-refractivity contribution in [2.24, 2.45) is 11.7 Å². The van der Waals surface area contributed by atoms with Gasteiger partial charge in [0.15, 0.2) is 0 Å². The van der Waals surface area contributed by atoms with Gasteiger partial charge in [-0.25, -0.2) is 0 Å². The van der Waals surface area contributed by atoms with Gasteiger partial charge < -0.3 is 15.4 Å². The Morgan fingerprint density at radius 2 is 2.04 bits per heavy atom. The van der Waals surface area contributed by atoms with Crippen LogP contribution in [0, 0.1) is 5.92 Å². The third kappa shape index (κ3) is 2.90. The number of ether oxygens (including phenoxy) is 1. The quantitative estimate of drug-likeness (QED) is 0.910. The van der Waals surface area contributed by atoms with Crippen LogP contribution in [0.5, 0.6) is 0 Å². The summed E-state index contributed by atoms with van der Waals surface area (Å²) >= 11 is 0. The van der Waals surface area contributed by atoms with Gasteiger partial charge in [-0.05, 0) is 48.3 Å². The zero-order chi connectivity index (χ0) is 16.6. The number of hydrogen-bond donors (Lipinski definition) is 1. The van der Waals surface area contributed by atoms with E-state index < -0.39 is 0 Å². The van der Waals surface area contributed by atoms with Gasteiger partial charge in [-0.15, -0.1) is 0 Å². The number of fused-ring (bicyclic) bond motifs is 1. The summed E-state index contributed by atoms with van der Waals surface area (Å²) in [7, 11) is 0. The predicted octanol–water partition coefficient (Wildman–Crippen LogP) is 3.36. The molecule has 0 spiro atoms. The fourth-order valence-corrected chi connectivity index (χ4v) is 4.24. The molecule has 3 rings (SSSR count). The van der Waals surface area contributed by atoms with Gasteiger partial charge in [0.25, 0.3) is 0 Å². The summed E-state index contributed by atoms with van der Waals surface area (Å²) < 4.78 is 5.47. The highest BCUT2D eigenvalue weighted by Crippen LogP contribution is 2.42. The molecule has 4 heteroatoms. The van der Waals surface area contributed by atoms with Crippen molar-refractivity contribution in [3.05, 3.63) is 29.3 Å². The molecule has 1 aromatic rings. The van der Waals surface area contributed by atoms with Gasteiger partial charge in [0.1, 0.15) is 0 Å². The highest BCUT2D eigenvalue weighted by atomic mass is 16.5. The maximum absolute atomic E-state index is 12.2. The highest BCUT2D eigenvalue weighted by molar-refractivity contribution is 5.94. The van der Waals surface area contributed by atoms with Crippen LogP contribution in [0.2, 0.25) is 0 Å². The first-order chi connectivity index (χ1) is 11.0. The average Bonchev–Trinajstić information content (AvgIpc) is 2.58. The standard InChI is InChI=1S/C19H28N2O2/c1-4-17-12(2)19(20)16-11-15(14-7-9-23-10-8-14)5-6-18(16)21(17)13(3)22/h5-6,11-12,14,17,19H,4,7-10,20H2,1-3H3/t12-,17?,19+/m0/s1. The van der Waals surface area contributed by atoms with Crippen LogP contribution >= 0.6 is 0 Å². The zero-order valence-electron chi connectivity index (χ0n) is 14.4. The van der Waals surface area contributed by atoms with Crippen molar-refractivity contribution in [2.75, 3.05) is 18.1 Å². The molecule has 2 heterocycles. The van der Waals surface area contributed by atoms with Crippen LogP contribution in [0.3, 0.4) is 0 Å². The topological polar surface area (TPSA) is 55.6 Å². The molecule has 1 amide bonds. The van der Waals surface area contributed by atoms with Gasteiger partial charge in [-0.1, -0.05) is 26.0 Å². The summed E-state index contributed by atoms with van der Waals surface area (Å²) in [6, 6.07) is 6.71. The first-order valence-electron chi connectivity index (χ1n) is 8.81. The molecular formula is C19H28N2O2. The lowest BCUT2D eigenvalue weighted by molar-refractivity contribution is -0.117. The normalized spacial score (nSPS) is 28.5. The minimum atomic E-state index is -0.00894. The number of anilines is 1. The Kier molecular flexibility index (Phi) is 4.74. The molecule has 0 bridgehead atoms. The van der Waals surface area contributed by atoms with Crippen LogP contribution in [0.15, 0.2) is 18.2 Å². The Morgan fingerprint density at radius 1 is 1.35 bits per heavy atom. The molecule has 0 radical (unpaired) electrons. The third-order valence-electron chi connectivity index (χ3n) is 5.63. The lowest BCUT2D eigenvalue weighted by Gasteiger charge is -2.44. The lowest BCUT2D eigenvalue weighted by atomic mass is 9.79. The van der Waals surface area contributed by atoms with Crippen LogP contribution in [0.4, 0.5) is 5.69 Å². The van der Waals surface area contributed by atoms with E-state index in [1.165, 1.54) is 5.56 Å². The Hall–Kier alpha value is -1.39. The van der Waals surface area contributed by atoms with E-state index in [1.54, 1.807) is 6.92 Å². The minimum Gasteiger partial charge on any atom is -0.381 e. The van der Waals surface area contributed by atoms with E-state index in [-0.39, 0.29) is 23.9 Å². The molecule has 0 aliphatic carbocycles. The Balaban J connectivity index is 2.01. The van der Waals surface area contributed by atoms with Crippen molar-refractivity contribution in [3.8, 4) is 0 Å². The monoisotopic (exact) mass is 316 g/mol. The van der Waals surface area contributed by atoms with Crippen LogP contribution in [0.1, 0.15) is 63.1 Å². The fraction of sp³-hybridized carbons (Fsp3) is 0.632. The van der Waals surface area contributed by atoms with Gasteiger partial charge in [0.05, 0.1) is 0 Å². The second-order valence-electron chi connectivity index (χ2n) is 6.95. The molecule has 2 N–H and O–H groups in total. The number of rotatable bonds is 2. The molecular weight excluding hydrogens is 288 g/mol. The minimum absolute atomic E-state index is 0.00894. The number of amides is 1. The van der Waals surface area contributed by atoms with Crippen molar-refractivity contribution >= 4 is 11.6 Å². The summed E-state index contributed by atoms with van der Waals surface area (Å²) in [6.45, 7) is 7.62. The Morgan fingerprint density at radius 3 is 2.65 bits per heavy atom. The van der Waals surface area contributed by atoms with Crippen LogP contribution in [0.25, 0.3) is 0 Å². The SMILES string of the molecule is CCC1[C@H](C)[C@@H](N)c2cc(C3CCOCC3)ccc2N1C(C)=O. The van der Waals surface area contributed by atoms with Gasteiger partial charge in [0, 0.05) is 37.9 Å². The zero-order valence-corrected chi connectivity index (χ0v) is 14.4. The number of nitrogens with two attached hydrogens (primary N) is 1. The molecule has 3 atom stereocenters. The lowest BCUT2D eigenvalue weighted by Crippen LogP contribution is -2.50. The van der Waals surface area contributed by atoms with E-state index in [0.717, 1.165) is 43.7 Å². The van der Waals surface area contributed by atoms with E-state index in [9.17, 15) is 4.79 Å². The summed E-state index contributed by atoms with van der Waals surface area (Å²) in [6.07, 6.45) is 3.06. The predicted molar refractivity (Wildman–Crippen MR) is 92.6 cm³/mol. The number of carbonyl (C=O) groups is 1. The van der Waals surface area contributed by atoms with Crippen LogP contribution in [-0.4, -0.2) is 25.2 Å². The van der Waals surface area contributed by atoms with E-state index in [4.69, 9.17) is 10.5 Å². The van der Waals surface area contributed by atoms with Crippen LogP contribution in [-0.2, 0) is 9.53 Å². The molecule has 126 valence electrons. The fourth-order valence-electron chi connectivity index (χ4n) is 4.24. The molecule has 2 aliphatic rings. The number of carbonyl (C=O) groups excluding carboxylic acids is 1. The van der Waals surface area contributed by atoms with Gasteiger partial charge in [-0.3, -0.25) is 4.79 Å². The highest BCUT2D eigenvalue weighted by Gasteiger charge is 2.38. The molecule has 1 aromatic carbocycles. The first kappa shape index (κ1) is 16.5. The summed E-state index contributed by atoms with van der Waals surface area (Å²) in [5.74, 6) is 0.920. The second-order valence-corrected chi connectivity index (χ2v) is 6.95. The molecule has 23 heavy (non-hydrogen) atoms. The first-order valence-corrected chi connectivity index (χ1v) is 8.81. The smallest absolute Gasteiger partial charge is 0.224 e. The van der Waals surface area contributed by atoms with E-state index in [1.807, 2.05) is 4.90 Å². The summed E-state index contributed by atoms with van der Waals surface area (Å²) in [5.41, 5.74) is 10.0. The Bertz CT molecular complexity index is 581. The van der Waals surface area contributed by atoms with Crippen LogP contribution < -0.4 is 10.6 Å². The molecule has 1 unspecified atom stereocenters.